The molecule has 2 N–H and O–H groups in total. The number of nitrogens with one attached hydrogen (secondary N) is 1. The highest BCUT2D eigenvalue weighted by molar-refractivity contribution is 5.94. The summed E-state index contributed by atoms with van der Waals surface area (Å²) in [6.07, 6.45) is 1.35. The summed E-state index contributed by atoms with van der Waals surface area (Å²) in [7, 11) is 1.54. The van der Waals surface area contributed by atoms with Crippen molar-refractivity contribution in [2.24, 2.45) is 0 Å². The highest BCUT2D eigenvalue weighted by atomic mass is 16.5. The van der Waals surface area contributed by atoms with Crippen molar-refractivity contribution in [3.05, 3.63) is 29.8 Å². The predicted octanol–water partition coefficient (Wildman–Crippen LogP) is 1.68. The van der Waals surface area contributed by atoms with Gasteiger partial charge in [0.15, 0.2) is 0 Å². The summed E-state index contributed by atoms with van der Waals surface area (Å²) in [6.45, 7) is 0.476. The maximum atomic E-state index is 11.7. The highest BCUT2D eigenvalue weighted by Gasteiger charge is 2.05. The van der Waals surface area contributed by atoms with E-state index in [1.165, 1.54) is 0 Å². The van der Waals surface area contributed by atoms with Gasteiger partial charge < -0.3 is 15.2 Å². The van der Waals surface area contributed by atoms with Crippen molar-refractivity contribution in [3.8, 4) is 5.75 Å². The summed E-state index contributed by atoms with van der Waals surface area (Å²) in [5.74, 6) is -0.355. The number of ether oxygens (including phenoxy) is 1. The van der Waals surface area contributed by atoms with Crippen molar-refractivity contribution < 1.29 is 19.4 Å². The predicted molar refractivity (Wildman–Crippen MR) is 66.8 cm³/mol. The van der Waals surface area contributed by atoms with Gasteiger partial charge in [-0.15, -0.1) is 0 Å². The third kappa shape index (κ3) is 4.86. The summed E-state index contributed by atoms with van der Waals surface area (Å²) in [5, 5.41) is 11.2. The van der Waals surface area contributed by atoms with Crippen LogP contribution in [0.15, 0.2) is 24.3 Å². The molecule has 0 aromatic heterocycles. The van der Waals surface area contributed by atoms with Crippen molar-refractivity contribution in [1.29, 1.82) is 0 Å². The normalized spacial score (nSPS) is 9.83. The number of rotatable bonds is 7. The van der Waals surface area contributed by atoms with Crippen LogP contribution in [0.2, 0.25) is 0 Å². The largest absolute Gasteiger partial charge is 0.497 e. The summed E-state index contributed by atoms with van der Waals surface area (Å²) in [5.41, 5.74) is 0.535. The molecular formula is C13H17NO4. The van der Waals surface area contributed by atoms with Gasteiger partial charge in [0.2, 0.25) is 0 Å². The van der Waals surface area contributed by atoms with Crippen LogP contribution in [-0.2, 0) is 4.79 Å². The third-order valence-corrected chi connectivity index (χ3v) is 2.43. The second kappa shape index (κ2) is 7.32. The van der Waals surface area contributed by atoms with Gasteiger partial charge in [0.1, 0.15) is 5.75 Å². The number of amides is 1. The van der Waals surface area contributed by atoms with Gasteiger partial charge in [-0.05, 0) is 31.0 Å². The molecule has 0 aliphatic rings. The maximum absolute atomic E-state index is 11.7. The first kappa shape index (κ1) is 14.0. The molecule has 0 aliphatic carbocycles. The molecule has 0 aliphatic heterocycles. The number of carboxylic acid groups (broad SMARTS) is 1. The Hall–Kier alpha value is -2.04. The highest BCUT2D eigenvalue weighted by Crippen LogP contribution is 2.12. The zero-order chi connectivity index (χ0) is 13.4. The van der Waals surface area contributed by atoms with E-state index in [1.807, 2.05) is 0 Å². The Kier molecular flexibility index (Phi) is 5.70. The second-order valence-corrected chi connectivity index (χ2v) is 3.84. The SMILES string of the molecule is COc1cccc(C(=O)NCCCCC(=O)O)c1. The third-order valence-electron chi connectivity index (χ3n) is 2.43. The maximum Gasteiger partial charge on any atom is 0.303 e. The van der Waals surface area contributed by atoms with Crippen LogP contribution in [0.4, 0.5) is 0 Å². The molecule has 0 bridgehead atoms. The molecule has 98 valence electrons. The molecule has 0 atom stereocenters. The van der Waals surface area contributed by atoms with Gasteiger partial charge >= 0.3 is 5.97 Å². The second-order valence-electron chi connectivity index (χ2n) is 3.84. The fourth-order valence-corrected chi connectivity index (χ4v) is 1.47. The number of benzene rings is 1. The molecule has 1 amide bonds. The standard InChI is InChI=1S/C13H17NO4/c1-18-11-6-4-5-10(9-11)13(17)14-8-3-2-7-12(15)16/h4-6,9H,2-3,7-8H2,1H3,(H,14,17)(H,15,16). The number of methoxy groups -OCH3 is 1. The number of hydrogen-bond donors (Lipinski definition) is 2. The Labute approximate surface area is 106 Å². The lowest BCUT2D eigenvalue weighted by molar-refractivity contribution is -0.137. The molecule has 0 spiro atoms. The molecule has 0 saturated carbocycles. The summed E-state index contributed by atoms with van der Waals surface area (Å²) in [4.78, 5) is 22.0. The molecule has 5 nitrogen and oxygen atoms in total. The number of aliphatic carboxylic acids is 1. The molecule has 1 aromatic rings. The Morgan fingerprint density at radius 3 is 2.78 bits per heavy atom. The van der Waals surface area contributed by atoms with Crippen LogP contribution >= 0.6 is 0 Å². The number of carboxylic acids is 1. The number of carbonyl (C=O) groups excluding carboxylic acids is 1. The van der Waals surface area contributed by atoms with Crippen LogP contribution < -0.4 is 10.1 Å². The number of carbonyl (C=O) groups is 2. The Balaban J connectivity index is 2.33. The first-order chi connectivity index (χ1) is 8.63. The quantitative estimate of drug-likeness (QED) is 0.723. The van der Waals surface area contributed by atoms with E-state index in [0.717, 1.165) is 0 Å². The minimum atomic E-state index is -0.811. The zero-order valence-corrected chi connectivity index (χ0v) is 10.3. The van der Waals surface area contributed by atoms with Gasteiger partial charge in [-0.3, -0.25) is 9.59 Å². The molecular weight excluding hydrogens is 234 g/mol. The molecule has 5 heteroatoms. The van der Waals surface area contributed by atoms with Gasteiger partial charge in [0, 0.05) is 18.5 Å². The minimum Gasteiger partial charge on any atom is -0.497 e. The van der Waals surface area contributed by atoms with E-state index in [-0.39, 0.29) is 12.3 Å². The topological polar surface area (TPSA) is 75.6 Å². The lowest BCUT2D eigenvalue weighted by Crippen LogP contribution is -2.24. The average molecular weight is 251 g/mol. The van der Waals surface area contributed by atoms with E-state index >= 15 is 0 Å². The van der Waals surface area contributed by atoms with E-state index in [9.17, 15) is 9.59 Å². The van der Waals surface area contributed by atoms with Crippen molar-refractivity contribution in [2.75, 3.05) is 13.7 Å². The van der Waals surface area contributed by atoms with Crippen molar-refractivity contribution in [3.63, 3.8) is 0 Å². The van der Waals surface area contributed by atoms with E-state index in [2.05, 4.69) is 5.32 Å². The van der Waals surface area contributed by atoms with Gasteiger partial charge in [0.25, 0.3) is 5.91 Å². The van der Waals surface area contributed by atoms with Gasteiger partial charge in [-0.2, -0.15) is 0 Å². The molecule has 0 unspecified atom stereocenters. The van der Waals surface area contributed by atoms with E-state index < -0.39 is 5.97 Å². The molecule has 18 heavy (non-hydrogen) atoms. The van der Waals surface area contributed by atoms with E-state index in [4.69, 9.17) is 9.84 Å². The monoisotopic (exact) mass is 251 g/mol. The minimum absolute atomic E-state index is 0.134. The van der Waals surface area contributed by atoms with Gasteiger partial charge in [-0.25, -0.2) is 0 Å². The van der Waals surface area contributed by atoms with E-state index in [1.54, 1.807) is 31.4 Å². The summed E-state index contributed by atoms with van der Waals surface area (Å²) < 4.78 is 5.03. The van der Waals surface area contributed by atoms with Crippen LogP contribution in [0.1, 0.15) is 29.6 Å². The van der Waals surface area contributed by atoms with Crippen LogP contribution in [0.5, 0.6) is 5.75 Å². The molecule has 1 aromatic carbocycles. The fraction of sp³-hybridized carbons (Fsp3) is 0.385. The molecule has 0 radical (unpaired) electrons. The first-order valence-electron chi connectivity index (χ1n) is 5.77. The number of unbranched alkanes of at least 4 members (excludes halogenated alkanes) is 1. The van der Waals surface area contributed by atoms with E-state index in [0.29, 0.717) is 30.7 Å². The molecule has 1 rings (SSSR count). The van der Waals surface area contributed by atoms with Crippen LogP contribution in [-0.4, -0.2) is 30.6 Å². The Bertz CT molecular complexity index is 417. The van der Waals surface area contributed by atoms with Crippen molar-refractivity contribution in [1.82, 2.24) is 5.32 Å². The molecule has 0 fully saturated rings. The average Bonchev–Trinajstić information content (AvgIpc) is 2.37. The van der Waals surface area contributed by atoms with Crippen molar-refractivity contribution >= 4 is 11.9 Å². The first-order valence-corrected chi connectivity index (χ1v) is 5.77. The van der Waals surface area contributed by atoms with Crippen molar-refractivity contribution in [2.45, 2.75) is 19.3 Å². The smallest absolute Gasteiger partial charge is 0.303 e. The Morgan fingerprint density at radius 2 is 2.11 bits per heavy atom. The van der Waals surface area contributed by atoms with Gasteiger partial charge in [0.05, 0.1) is 7.11 Å². The number of hydrogen-bond acceptors (Lipinski definition) is 3. The van der Waals surface area contributed by atoms with Crippen LogP contribution in [0.25, 0.3) is 0 Å². The van der Waals surface area contributed by atoms with Crippen LogP contribution in [0.3, 0.4) is 0 Å². The summed E-state index contributed by atoms with van der Waals surface area (Å²) in [6, 6.07) is 6.88. The fourth-order valence-electron chi connectivity index (χ4n) is 1.47. The summed E-state index contributed by atoms with van der Waals surface area (Å²) >= 11 is 0. The lowest BCUT2D eigenvalue weighted by Gasteiger charge is -2.06. The molecule has 0 saturated heterocycles. The Morgan fingerprint density at radius 1 is 1.33 bits per heavy atom. The molecule has 0 heterocycles. The van der Waals surface area contributed by atoms with Gasteiger partial charge in [-0.1, -0.05) is 6.07 Å². The van der Waals surface area contributed by atoms with Crippen LogP contribution in [0, 0.1) is 0 Å². The zero-order valence-electron chi connectivity index (χ0n) is 10.3. The lowest BCUT2D eigenvalue weighted by atomic mass is 10.2.